The summed E-state index contributed by atoms with van der Waals surface area (Å²) >= 11 is 1.52. The second kappa shape index (κ2) is 7.76. The molecular formula is C25H19NO3S. The number of carbonyl (C=O) groups is 1. The maximum Gasteiger partial charge on any atom is 0.340 e. The first-order chi connectivity index (χ1) is 14.7. The van der Waals surface area contributed by atoms with Gasteiger partial charge < -0.3 is 4.74 Å². The minimum atomic E-state index is -0.432. The van der Waals surface area contributed by atoms with Gasteiger partial charge in [-0.15, -0.1) is 11.3 Å². The summed E-state index contributed by atoms with van der Waals surface area (Å²) in [5, 5.41) is 2.97. The van der Waals surface area contributed by atoms with E-state index in [1.165, 1.54) is 11.3 Å². The van der Waals surface area contributed by atoms with Gasteiger partial charge in [0, 0.05) is 11.8 Å². The lowest BCUT2D eigenvalue weighted by atomic mass is 9.98. The average Bonchev–Trinajstić information content (AvgIpc) is 3.28. The van der Waals surface area contributed by atoms with Crippen LogP contribution in [0.25, 0.3) is 21.2 Å². The van der Waals surface area contributed by atoms with Crippen LogP contribution in [0.5, 0.6) is 0 Å². The van der Waals surface area contributed by atoms with E-state index >= 15 is 0 Å². The Morgan fingerprint density at radius 1 is 1.10 bits per heavy atom. The molecule has 1 aliphatic carbocycles. The van der Waals surface area contributed by atoms with Crippen LogP contribution in [0.15, 0.2) is 83.1 Å². The summed E-state index contributed by atoms with van der Waals surface area (Å²) < 4.78 is 8.13. The zero-order chi connectivity index (χ0) is 20.5. The molecule has 5 heteroatoms. The van der Waals surface area contributed by atoms with Gasteiger partial charge in [0.15, 0.2) is 0 Å². The van der Waals surface area contributed by atoms with Gasteiger partial charge in [-0.25, -0.2) is 4.79 Å². The summed E-state index contributed by atoms with van der Waals surface area (Å²) in [6.45, 7) is 0.184. The maximum atomic E-state index is 13.3. The molecule has 0 unspecified atom stereocenters. The van der Waals surface area contributed by atoms with Crippen LogP contribution in [0.2, 0.25) is 0 Å². The number of rotatable bonds is 4. The standard InChI is InChI=1S/C25H19NO3S/c27-24-20(18-9-5-2-6-10-18)15-21(25(28)29-16-17-7-3-1-4-8-17)22-23-19(12-14-30-23)11-13-26(22)24/h1,3-5,7-15H,2,6,16H2. The number of hydrogen-bond acceptors (Lipinski definition) is 4. The van der Waals surface area contributed by atoms with Gasteiger partial charge in [-0.2, -0.15) is 0 Å². The molecule has 0 radical (unpaired) electrons. The number of hydrogen-bond donors (Lipinski definition) is 0. The van der Waals surface area contributed by atoms with Crippen molar-refractivity contribution in [2.45, 2.75) is 19.4 Å². The van der Waals surface area contributed by atoms with Gasteiger partial charge in [0.05, 0.1) is 15.8 Å². The molecular weight excluding hydrogens is 394 g/mol. The third-order valence-corrected chi connectivity index (χ3v) is 6.22. The van der Waals surface area contributed by atoms with Crippen LogP contribution in [-0.2, 0) is 11.3 Å². The molecule has 0 N–H and O–H groups in total. The van der Waals surface area contributed by atoms with E-state index in [4.69, 9.17) is 4.74 Å². The number of aromatic nitrogens is 1. The van der Waals surface area contributed by atoms with E-state index in [2.05, 4.69) is 6.08 Å². The van der Waals surface area contributed by atoms with Gasteiger partial charge in [-0.1, -0.05) is 48.6 Å². The molecule has 0 amide bonds. The fraction of sp³-hybridized carbons (Fsp3) is 0.120. The predicted octanol–water partition coefficient (Wildman–Crippen LogP) is 5.60. The Balaban J connectivity index is 1.68. The highest BCUT2D eigenvalue weighted by atomic mass is 32.1. The van der Waals surface area contributed by atoms with Gasteiger partial charge in [-0.05, 0) is 52.9 Å². The molecule has 5 rings (SSSR count). The van der Waals surface area contributed by atoms with E-state index < -0.39 is 5.97 Å². The summed E-state index contributed by atoms with van der Waals surface area (Å²) in [5.41, 5.74) is 3.18. The van der Waals surface area contributed by atoms with Gasteiger partial charge in [-0.3, -0.25) is 9.20 Å². The Hall–Kier alpha value is -3.44. The number of ether oxygens (including phenoxy) is 1. The number of thiophene rings is 1. The molecule has 30 heavy (non-hydrogen) atoms. The zero-order valence-electron chi connectivity index (χ0n) is 16.2. The molecule has 1 aliphatic rings. The Bertz CT molecular complexity index is 1380. The molecule has 0 fully saturated rings. The topological polar surface area (TPSA) is 47.8 Å². The number of pyridine rings is 2. The van der Waals surface area contributed by atoms with Crippen LogP contribution in [0.3, 0.4) is 0 Å². The van der Waals surface area contributed by atoms with Crippen LogP contribution < -0.4 is 5.56 Å². The van der Waals surface area contributed by atoms with Crippen molar-refractivity contribution in [3.63, 3.8) is 0 Å². The SMILES string of the molecule is O=C(OCc1ccccc1)c1cc(C2=CCCC=C2)c(=O)n2ccc3ccsc3c12. The molecule has 0 atom stereocenters. The summed E-state index contributed by atoms with van der Waals surface area (Å²) in [5.74, 6) is -0.432. The third kappa shape index (κ3) is 3.27. The number of benzene rings is 1. The maximum absolute atomic E-state index is 13.3. The van der Waals surface area contributed by atoms with E-state index in [0.29, 0.717) is 16.6 Å². The van der Waals surface area contributed by atoms with Crippen molar-refractivity contribution in [3.8, 4) is 0 Å². The quantitative estimate of drug-likeness (QED) is 0.409. The van der Waals surface area contributed by atoms with Crippen LogP contribution in [0, 0.1) is 0 Å². The van der Waals surface area contributed by atoms with Crippen LogP contribution in [-0.4, -0.2) is 10.4 Å². The zero-order valence-corrected chi connectivity index (χ0v) is 17.0. The predicted molar refractivity (Wildman–Crippen MR) is 121 cm³/mol. The Kier molecular flexibility index (Phi) is 4.81. The molecule has 0 saturated carbocycles. The van der Waals surface area contributed by atoms with Crippen molar-refractivity contribution in [3.05, 3.63) is 105 Å². The largest absolute Gasteiger partial charge is 0.457 e. The lowest BCUT2D eigenvalue weighted by Gasteiger charge is -2.14. The molecule has 0 bridgehead atoms. The first-order valence-electron chi connectivity index (χ1n) is 9.86. The molecule has 4 nitrogen and oxygen atoms in total. The van der Waals surface area contributed by atoms with Crippen molar-refractivity contribution in [2.75, 3.05) is 0 Å². The van der Waals surface area contributed by atoms with E-state index in [1.54, 1.807) is 16.7 Å². The van der Waals surface area contributed by atoms with Crippen molar-refractivity contribution < 1.29 is 9.53 Å². The van der Waals surface area contributed by atoms with Crippen LogP contribution >= 0.6 is 11.3 Å². The number of carbonyl (C=O) groups excluding carboxylic acids is 1. The highest BCUT2D eigenvalue weighted by Crippen LogP contribution is 2.30. The number of fused-ring (bicyclic) bond motifs is 3. The molecule has 4 aromatic rings. The van der Waals surface area contributed by atoms with E-state index in [0.717, 1.165) is 34.1 Å². The smallest absolute Gasteiger partial charge is 0.340 e. The van der Waals surface area contributed by atoms with Crippen molar-refractivity contribution in [2.24, 2.45) is 0 Å². The molecule has 3 aromatic heterocycles. The monoisotopic (exact) mass is 413 g/mol. The minimum absolute atomic E-state index is 0.127. The average molecular weight is 413 g/mol. The Labute approximate surface area is 177 Å². The molecule has 1 aromatic carbocycles. The number of allylic oxidation sites excluding steroid dienone is 4. The molecule has 3 heterocycles. The Morgan fingerprint density at radius 3 is 2.77 bits per heavy atom. The summed E-state index contributed by atoms with van der Waals surface area (Å²) in [7, 11) is 0. The van der Waals surface area contributed by atoms with Gasteiger partial charge in [0.2, 0.25) is 0 Å². The number of esters is 1. The second-order valence-electron chi connectivity index (χ2n) is 7.22. The first kappa shape index (κ1) is 18.6. The second-order valence-corrected chi connectivity index (χ2v) is 8.13. The van der Waals surface area contributed by atoms with Crippen molar-refractivity contribution >= 4 is 38.5 Å². The minimum Gasteiger partial charge on any atom is -0.457 e. The van der Waals surface area contributed by atoms with Gasteiger partial charge in [0.1, 0.15) is 6.61 Å². The van der Waals surface area contributed by atoms with Gasteiger partial charge >= 0.3 is 5.97 Å². The van der Waals surface area contributed by atoms with E-state index in [-0.39, 0.29) is 12.2 Å². The third-order valence-electron chi connectivity index (χ3n) is 5.29. The van der Waals surface area contributed by atoms with E-state index in [9.17, 15) is 9.59 Å². The van der Waals surface area contributed by atoms with E-state index in [1.807, 2.05) is 60.0 Å². The van der Waals surface area contributed by atoms with Crippen molar-refractivity contribution in [1.29, 1.82) is 0 Å². The fourth-order valence-electron chi connectivity index (χ4n) is 3.78. The molecule has 0 spiro atoms. The highest BCUT2D eigenvalue weighted by molar-refractivity contribution is 7.18. The summed E-state index contributed by atoms with van der Waals surface area (Å²) in [6.07, 6.45) is 9.64. The lowest BCUT2D eigenvalue weighted by Crippen LogP contribution is -2.21. The summed E-state index contributed by atoms with van der Waals surface area (Å²) in [4.78, 5) is 26.5. The van der Waals surface area contributed by atoms with Crippen molar-refractivity contribution in [1.82, 2.24) is 4.40 Å². The first-order valence-corrected chi connectivity index (χ1v) is 10.7. The van der Waals surface area contributed by atoms with Crippen LogP contribution in [0.4, 0.5) is 0 Å². The molecule has 0 aliphatic heterocycles. The molecule has 148 valence electrons. The highest BCUT2D eigenvalue weighted by Gasteiger charge is 2.20. The fourth-order valence-corrected chi connectivity index (χ4v) is 4.73. The Morgan fingerprint density at radius 2 is 1.97 bits per heavy atom. The normalized spacial score (nSPS) is 13.5. The molecule has 0 saturated heterocycles. The lowest BCUT2D eigenvalue weighted by molar-refractivity contribution is 0.0474. The summed E-state index contributed by atoms with van der Waals surface area (Å²) in [6, 6.07) is 15.2. The number of nitrogens with zero attached hydrogens (tertiary/aromatic N) is 1. The van der Waals surface area contributed by atoms with Crippen LogP contribution in [0.1, 0.15) is 34.3 Å². The van der Waals surface area contributed by atoms with Gasteiger partial charge in [0.25, 0.3) is 5.56 Å².